The van der Waals surface area contributed by atoms with E-state index in [0.717, 1.165) is 10.8 Å². The number of aromatic nitrogens is 2. The Morgan fingerprint density at radius 3 is 1.15 bits per heavy atom. The van der Waals surface area contributed by atoms with Gasteiger partial charge in [-0.25, -0.2) is 19.6 Å². The number of carbonyl (C=O) groups is 4. The number of pyridine rings is 2. The summed E-state index contributed by atoms with van der Waals surface area (Å²) in [4.78, 5) is 48.0. The monoisotopic (exact) mass is 580 g/mol. The van der Waals surface area contributed by atoms with Gasteiger partial charge in [0, 0.05) is 21.9 Å². The fourth-order valence-corrected chi connectivity index (χ4v) is 2.36. The molecule has 10 nitrogen and oxygen atoms in total. The Morgan fingerprint density at radius 1 is 0.615 bits per heavy atom. The third-order valence-corrected chi connectivity index (χ3v) is 4.35. The number of hydrogen-bond donors (Lipinski definition) is 2. The van der Waals surface area contributed by atoms with Gasteiger partial charge in [-0.2, -0.15) is 0 Å². The average Bonchev–Trinajstić information content (AvgIpc) is 2.89. The maximum Gasteiger partial charge on any atom is 2.00 e. The van der Waals surface area contributed by atoms with Crippen molar-refractivity contribution in [2.75, 3.05) is 0 Å². The van der Waals surface area contributed by atoms with Crippen molar-refractivity contribution < 1.29 is 59.1 Å². The molecule has 4 rings (SSSR count). The molecule has 39 heavy (non-hydrogen) atoms. The predicted molar refractivity (Wildman–Crippen MR) is 137 cm³/mol. The quantitative estimate of drug-likeness (QED) is 0.268. The number of para-hydroxylation sites is 2. The third kappa shape index (κ3) is 12.4. The number of fused-ring (bicyclic) bond motifs is 2. The number of benzene rings is 2. The summed E-state index contributed by atoms with van der Waals surface area (Å²) in [7, 11) is 0. The predicted octanol–water partition coefficient (Wildman–Crippen LogP) is 2.49. The van der Waals surface area contributed by atoms with E-state index in [1.54, 1.807) is 24.3 Å². The number of carbonyl (C=O) groups excluding carboxylic acids is 2. The molecule has 0 aliphatic heterocycles. The molecule has 0 aliphatic carbocycles. The summed E-state index contributed by atoms with van der Waals surface area (Å²) in [5.74, 6) is -4.36. The van der Waals surface area contributed by atoms with E-state index in [-0.39, 0.29) is 42.0 Å². The summed E-state index contributed by atoms with van der Waals surface area (Å²) in [5, 5.41) is 38.6. The standard InChI is InChI=1S/2C10H7NO2.2C4H6O2.Zn/c2*12-10(13)9-6-5-7-3-1-2-4-8(7)11-9;2*1-3(2)4(5)6;/h2*1-6H,(H,12,13);2*1H2,2H3,(H,5,6);/q;;;;+2/p-2. The minimum atomic E-state index is -1.24. The molecule has 2 N–H and O–H groups in total. The first-order chi connectivity index (χ1) is 17.8. The van der Waals surface area contributed by atoms with Crippen LogP contribution < -0.4 is 10.2 Å². The second kappa shape index (κ2) is 16.9. The Hall–Kier alpha value is -4.76. The van der Waals surface area contributed by atoms with Crippen LogP contribution in [-0.4, -0.2) is 44.1 Å². The number of nitrogens with zero attached hydrogens (tertiary/aromatic N) is 2. The van der Waals surface area contributed by atoms with Gasteiger partial charge in [0.2, 0.25) is 0 Å². The van der Waals surface area contributed by atoms with E-state index in [1.165, 1.54) is 26.0 Å². The second-order valence-corrected chi connectivity index (χ2v) is 7.52. The molecule has 4 aromatic rings. The van der Waals surface area contributed by atoms with E-state index in [1.807, 2.05) is 36.4 Å². The van der Waals surface area contributed by atoms with Crippen LogP contribution in [0.5, 0.6) is 0 Å². The molecule has 0 bridgehead atoms. The van der Waals surface area contributed by atoms with E-state index in [4.69, 9.17) is 10.2 Å². The number of hydrogen-bond acceptors (Lipinski definition) is 8. The molecule has 0 aliphatic rings. The van der Waals surface area contributed by atoms with Crippen molar-refractivity contribution in [1.82, 2.24) is 9.97 Å². The molecule has 11 heteroatoms. The molecular formula is C28H24N2O8Zn. The zero-order valence-corrected chi connectivity index (χ0v) is 24.3. The second-order valence-electron chi connectivity index (χ2n) is 7.52. The van der Waals surface area contributed by atoms with Gasteiger partial charge in [-0.05, 0) is 38.1 Å². The van der Waals surface area contributed by atoms with E-state index >= 15 is 0 Å². The molecule has 2 aromatic heterocycles. The van der Waals surface area contributed by atoms with Crippen LogP contribution in [0.1, 0.15) is 34.8 Å². The van der Waals surface area contributed by atoms with E-state index in [0.29, 0.717) is 11.0 Å². The summed E-state index contributed by atoms with van der Waals surface area (Å²) < 4.78 is 0. The zero-order valence-electron chi connectivity index (χ0n) is 21.3. The zero-order chi connectivity index (χ0) is 28.8. The van der Waals surface area contributed by atoms with E-state index in [2.05, 4.69) is 23.1 Å². The summed E-state index contributed by atoms with van der Waals surface area (Å²) >= 11 is 0. The van der Waals surface area contributed by atoms with Crippen molar-refractivity contribution in [2.45, 2.75) is 13.8 Å². The van der Waals surface area contributed by atoms with Crippen LogP contribution in [0.2, 0.25) is 0 Å². The molecule has 2 aromatic carbocycles. The van der Waals surface area contributed by atoms with Gasteiger partial charge in [0.1, 0.15) is 0 Å². The summed E-state index contributed by atoms with van der Waals surface area (Å²) in [6.07, 6.45) is 0. The topological polar surface area (TPSA) is 181 Å². The molecule has 0 radical (unpaired) electrons. The molecule has 0 unspecified atom stereocenters. The Morgan fingerprint density at radius 2 is 0.897 bits per heavy atom. The van der Waals surface area contributed by atoms with Gasteiger partial charge in [0.15, 0.2) is 0 Å². The third-order valence-electron chi connectivity index (χ3n) is 4.35. The van der Waals surface area contributed by atoms with Crippen molar-refractivity contribution in [3.63, 3.8) is 0 Å². The maximum atomic E-state index is 10.5. The number of carboxylic acid groups (broad SMARTS) is 4. The van der Waals surface area contributed by atoms with Crippen LogP contribution in [0.25, 0.3) is 21.8 Å². The van der Waals surface area contributed by atoms with Crippen molar-refractivity contribution in [3.05, 3.63) is 108 Å². The van der Waals surface area contributed by atoms with Gasteiger partial charge in [-0.15, -0.1) is 0 Å². The first-order valence-electron chi connectivity index (χ1n) is 10.7. The van der Waals surface area contributed by atoms with Gasteiger partial charge < -0.3 is 30.0 Å². The summed E-state index contributed by atoms with van der Waals surface area (Å²) in [6.45, 7) is 9.20. The number of aromatic carboxylic acids is 2. The molecule has 0 fully saturated rings. The van der Waals surface area contributed by atoms with Crippen molar-refractivity contribution in [1.29, 1.82) is 0 Å². The van der Waals surface area contributed by atoms with E-state index < -0.39 is 23.9 Å². The Labute approximate surface area is 236 Å². The fraction of sp³-hybridized carbons (Fsp3) is 0.0714. The molecule has 0 saturated heterocycles. The molecular weight excluding hydrogens is 558 g/mol. The van der Waals surface area contributed by atoms with Gasteiger partial charge in [-0.1, -0.05) is 61.7 Å². The van der Waals surface area contributed by atoms with Crippen LogP contribution in [0, 0.1) is 0 Å². The van der Waals surface area contributed by atoms with Crippen LogP contribution in [0.4, 0.5) is 0 Å². The normalized spacial score (nSPS) is 9.08. The van der Waals surface area contributed by atoms with Gasteiger partial charge in [-0.3, -0.25) is 0 Å². The van der Waals surface area contributed by atoms with Gasteiger partial charge >= 0.3 is 31.4 Å². The number of rotatable bonds is 4. The average molecular weight is 582 g/mol. The summed E-state index contributed by atoms with van der Waals surface area (Å²) in [6, 6.07) is 21.0. The van der Waals surface area contributed by atoms with Crippen LogP contribution in [-0.2, 0) is 29.1 Å². The van der Waals surface area contributed by atoms with Crippen molar-refractivity contribution in [2.24, 2.45) is 0 Å². The molecule has 0 atom stereocenters. The molecule has 0 saturated carbocycles. The minimum absolute atomic E-state index is 0. The Balaban J connectivity index is 0.000000524. The summed E-state index contributed by atoms with van der Waals surface area (Å²) in [5.41, 5.74) is 1.64. The first-order valence-corrected chi connectivity index (χ1v) is 10.7. The Kier molecular flexibility index (Phi) is 14.8. The van der Waals surface area contributed by atoms with Crippen LogP contribution in [0.3, 0.4) is 0 Å². The van der Waals surface area contributed by atoms with Gasteiger partial charge in [0.05, 0.1) is 34.4 Å². The van der Waals surface area contributed by atoms with Crippen LogP contribution >= 0.6 is 0 Å². The van der Waals surface area contributed by atoms with Gasteiger partial charge in [0.25, 0.3) is 0 Å². The SMILES string of the molecule is C=C(C)C(=O)O.C=C(C)C(=O)O.O=C([O-])c1ccc2ccccc2n1.O=C([O-])c1ccc2ccccc2n1.[Zn+2]. The van der Waals surface area contributed by atoms with Crippen molar-refractivity contribution >= 4 is 45.7 Å². The Bertz CT molecular complexity index is 1360. The smallest absolute Gasteiger partial charge is 0.543 e. The molecule has 0 spiro atoms. The number of carboxylic acids is 4. The molecule has 0 amide bonds. The van der Waals surface area contributed by atoms with Crippen molar-refractivity contribution in [3.8, 4) is 0 Å². The minimum Gasteiger partial charge on any atom is -0.543 e. The number of aliphatic carboxylic acids is 2. The largest absolute Gasteiger partial charge is 2.00 e. The maximum absolute atomic E-state index is 10.5. The van der Waals surface area contributed by atoms with E-state index in [9.17, 15) is 29.4 Å². The molecule has 196 valence electrons. The molecule has 2 heterocycles. The van der Waals surface area contributed by atoms with Crippen LogP contribution in [0.15, 0.2) is 97.1 Å². The first kappa shape index (κ1) is 34.2. The fourth-order valence-electron chi connectivity index (χ4n) is 2.36.